The van der Waals surface area contributed by atoms with Crippen molar-refractivity contribution in [1.82, 2.24) is 0 Å². The van der Waals surface area contributed by atoms with Crippen molar-refractivity contribution in [2.24, 2.45) is 0 Å². The van der Waals surface area contributed by atoms with E-state index in [9.17, 15) is 26.4 Å². The van der Waals surface area contributed by atoms with Crippen LogP contribution in [0.15, 0.2) is 91.0 Å². The van der Waals surface area contributed by atoms with E-state index in [4.69, 9.17) is 4.74 Å². The molecule has 3 rings (SSSR count). The van der Waals surface area contributed by atoms with Gasteiger partial charge in [0, 0.05) is 12.7 Å². The highest BCUT2D eigenvalue weighted by Crippen LogP contribution is 2.35. The van der Waals surface area contributed by atoms with Gasteiger partial charge in [-0.05, 0) is 29.3 Å². The molecule has 184 valence electrons. The van der Waals surface area contributed by atoms with Gasteiger partial charge in [0.1, 0.15) is 0 Å². The molecule has 0 radical (unpaired) electrons. The van der Waals surface area contributed by atoms with Crippen molar-refractivity contribution in [2.75, 3.05) is 18.6 Å². The predicted molar refractivity (Wildman–Crippen MR) is 126 cm³/mol. The van der Waals surface area contributed by atoms with Crippen molar-refractivity contribution >= 4 is 27.3 Å². The van der Waals surface area contributed by atoms with Gasteiger partial charge in [0.05, 0.1) is 18.8 Å². The van der Waals surface area contributed by atoms with Crippen LogP contribution in [-0.2, 0) is 26.2 Å². The first-order valence-corrected chi connectivity index (χ1v) is 11.7. The van der Waals surface area contributed by atoms with Gasteiger partial charge < -0.3 is 13.8 Å². The van der Waals surface area contributed by atoms with Crippen LogP contribution in [0.5, 0.6) is 5.75 Å². The Labute approximate surface area is 201 Å². The molecule has 0 atom stereocenters. The Kier molecular flexibility index (Phi) is 8.31. The van der Waals surface area contributed by atoms with Crippen LogP contribution in [0.2, 0.25) is 0 Å². The van der Waals surface area contributed by atoms with Crippen molar-refractivity contribution in [3.63, 3.8) is 0 Å². The standard InChI is InChI=1S/C25H22F3NO5S/c1-33-17-16-21(20-12-6-3-7-13-20)24(30)29(18-19-10-4-2-5-11-19)22-14-8-9-15-23(22)34-35(31,32)25(26,27)28/h2-16H,17-18H2,1H3/b21-16-. The van der Waals surface area contributed by atoms with Gasteiger partial charge in [0.25, 0.3) is 5.91 Å². The molecule has 0 N–H and O–H groups in total. The summed E-state index contributed by atoms with van der Waals surface area (Å²) in [5, 5.41) is 0. The average molecular weight is 506 g/mol. The Morgan fingerprint density at radius 1 is 0.914 bits per heavy atom. The van der Waals surface area contributed by atoms with E-state index < -0.39 is 27.3 Å². The third kappa shape index (κ3) is 6.49. The van der Waals surface area contributed by atoms with Crippen LogP contribution in [0.4, 0.5) is 18.9 Å². The zero-order chi connectivity index (χ0) is 25.5. The number of nitrogens with zero attached hydrogens (tertiary/aromatic N) is 1. The Balaban J connectivity index is 2.13. The van der Waals surface area contributed by atoms with Crippen LogP contribution in [0, 0.1) is 0 Å². The molecular weight excluding hydrogens is 483 g/mol. The first-order valence-electron chi connectivity index (χ1n) is 10.3. The number of halogens is 3. The second-order valence-electron chi connectivity index (χ2n) is 7.27. The number of carbonyl (C=O) groups excluding carboxylic acids is 1. The highest BCUT2D eigenvalue weighted by atomic mass is 32.2. The number of para-hydroxylation sites is 2. The summed E-state index contributed by atoms with van der Waals surface area (Å²) in [6, 6.07) is 22.5. The lowest BCUT2D eigenvalue weighted by Crippen LogP contribution is -2.33. The van der Waals surface area contributed by atoms with Crippen LogP contribution in [0.1, 0.15) is 11.1 Å². The quantitative estimate of drug-likeness (QED) is 0.228. The molecule has 0 saturated heterocycles. The van der Waals surface area contributed by atoms with Crippen LogP contribution in [-0.4, -0.2) is 33.5 Å². The summed E-state index contributed by atoms with van der Waals surface area (Å²) < 4.78 is 72.1. The molecule has 0 saturated carbocycles. The largest absolute Gasteiger partial charge is 0.534 e. The van der Waals surface area contributed by atoms with Gasteiger partial charge >= 0.3 is 15.6 Å². The molecule has 10 heteroatoms. The SMILES string of the molecule is COC/C=C(\C(=O)N(Cc1ccccc1)c1ccccc1OS(=O)(=O)C(F)(F)F)c1ccccc1. The van der Waals surface area contributed by atoms with Gasteiger partial charge in [-0.3, -0.25) is 4.79 Å². The second-order valence-corrected chi connectivity index (χ2v) is 8.80. The fourth-order valence-corrected chi connectivity index (χ4v) is 3.68. The molecule has 0 aliphatic carbocycles. The maximum absolute atomic E-state index is 13.8. The van der Waals surface area contributed by atoms with Crippen molar-refractivity contribution in [1.29, 1.82) is 0 Å². The van der Waals surface area contributed by atoms with E-state index in [0.717, 1.165) is 6.07 Å². The fourth-order valence-electron chi connectivity index (χ4n) is 3.21. The molecule has 0 fully saturated rings. The topological polar surface area (TPSA) is 72.9 Å². The number of rotatable bonds is 9. The lowest BCUT2D eigenvalue weighted by Gasteiger charge is -2.26. The van der Waals surface area contributed by atoms with Gasteiger partial charge in [-0.1, -0.05) is 72.8 Å². The number of hydrogen-bond acceptors (Lipinski definition) is 5. The van der Waals surface area contributed by atoms with Gasteiger partial charge in [0.2, 0.25) is 0 Å². The van der Waals surface area contributed by atoms with Crippen molar-refractivity contribution in [3.05, 3.63) is 102 Å². The molecule has 1 amide bonds. The van der Waals surface area contributed by atoms with E-state index in [1.165, 1.54) is 30.2 Å². The average Bonchev–Trinajstić information content (AvgIpc) is 2.83. The summed E-state index contributed by atoms with van der Waals surface area (Å²) in [7, 11) is -4.51. The summed E-state index contributed by atoms with van der Waals surface area (Å²) in [5.41, 5.74) is -4.35. The molecule has 35 heavy (non-hydrogen) atoms. The number of amides is 1. The summed E-state index contributed by atoms with van der Waals surface area (Å²) in [5.74, 6) is -1.22. The van der Waals surface area contributed by atoms with Crippen molar-refractivity contribution < 1.29 is 35.3 Å². The van der Waals surface area contributed by atoms with Gasteiger partial charge in [-0.15, -0.1) is 0 Å². The van der Waals surface area contributed by atoms with Gasteiger partial charge in [0.15, 0.2) is 5.75 Å². The zero-order valence-electron chi connectivity index (χ0n) is 18.6. The normalized spacial score (nSPS) is 12.3. The monoisotopic (exact) mass is 505 g/mol. The molecule has 6 nitrogen and oxygen atoms in total. The highest BCUT2D eigenvalue weighted by Gasteiger charge is 2.49. The minimum absolute atomic E-state index is 0.0662. The van der Waals surface area contributed by atoms with E-state index in [1.807, 2.05) is 0 Å². The maximum Gasteiger partial charge on any atom is 0.534 e. The molecule has 0 unspecified atom stereocenters. The summed E-state index contributed by atoms with van der Waals surface area (Å²) in [4.78, 5) is 15.0. The Morgan fingerprint density at radius 2 is 1.49 bits per heavy atom. The van der Waals surface area contributed by atoms with Gasteiger partial charge in [-0.25, -0.2) is 0 Å². The summed E-state index contributed by atoms with van der Waals surface area (Å²) in [6.07, 6.45) is 1.55. The minimum Gasteiger partial charge on any atom is -0.381 e. The van der Waals surface area contributed by atoms with E-state index >= 15 is 0 Å². The number of alkyl halides is 3. The third-order valence-electron chi connectivity index (χ3n) is 4.84. The minimum atomic E-state index is -5.96. The molecule has 3 aromatic carbocycles. The lowest BCUT2D eigenvalue weighted by molar-refractivity contribution is -0.113. The Hall–Kier alpha value is -3.63. The number of benzene rings is 3. The molecule has 0 aliphatic rings. The molecule has 3 aromatic rings. The molecule has 0 heterocycles. The van der Waals surface area contributed by atoms with E-state index in [-0.39, 0.29) is 24.4 Å². The molecule has 0 aromatic heterocycles. The van der Waals surface area contributed by atoms with E-state index in [2.05, 4.69) is 4.18 Å². The second kappa shape index (κ2) is 11.2. The highest BCUT2D eigenvalue weighted by molar-refractivity contribution is 7.88. The maximum atomic E-state index is 13.8. The van der Waals surface area contributed by atoms with E-state index in [0.29, 0.717) is 11.1 Å². The number of carbonyl (C=O) groups is 1. The van der Waals surface area contributed by atoms with Gasteiger partial charge in [-0.2, -0.15) is 21.6 Å². The first kappa shape index (κ1) is 26.0. The van der Waals surface area contributed by atoms with Crippen LogP contribution in [0.3, 0.4) is 0 Å². The molecule has 0 aliphatic heterocycles. The zero-order valence-corrected chi connectivity index (χ0v) is 19.4. The van der Waals surface area contributed by atoms with Crippen LogP contribution in [0.25, 0.3) is 5.57 Å². The summed E-state index contributed by atoms with van der Waals surface area (Å²) >= 11 is 0. The molecule has 0 spiro atoms. The Bertz CT molecular complexity index is 1280. The summed E-state index contributed by atoms with van der Waals surface area (Å²) in [6.45, 7) is 0.0268. The fraction of sp³-hybridized carbons (Fsp3) is 0.160. The van der Waals surface area contributed by atoms with E-state index in [1.54, 1.807) is 66.7 Å². The van der Waals surface area contributed by atoms with Crippen molar-refractivity contribution in [3.8, 4) is 5.75 Å². The number of hydrogen-bond donors (Lipinski definition) is 0. The van der Waals surface area contributed by atoms with Crippen LogP contribution >= 0.6 is 0 Å². The smallest absolute Gasteiger partial charge is 0.381 e. The number of methoxy groups -OCH3 is 1. The molecular formula is C25H22F3NO5S. The van der Waals surface area contributed by atoms with Crippen molar-refractivity contribution in [2.45, 2.75) is 12.1 Å². The predicted octanol–water partition coefficient (Wildman–Crippen LogP) is 5.18. The van der Waals surface area contributed by atoms with Crippen LogP contribution < -0.4 is 9.08 Å². The first-order chi connectivity index (χ1) is 16.6. The lowest BCUT2D eigenvalue weighted by atomic mass is 10.0. The Morgan fingerprint density at radius 3 is 2.09 bits per heavy atom. The third-order valence-corrected chi connectivity index (χ3v) is 5.80. The number of anilines is 1. The number of ether oxygens (including phenoxy) is 1. The molecule has 0 bridgehead atoms.